The van der Waals surface area contributed by atoms with Crippen molar-refractivity contribution in [2.24, 2.45) is 4.99 Å². The number of rotatable bonds is 4. The first-order valence-corrected chi connectivity index (χ1v) is 6.43. The van der Waals surface area contributed by atoms with Crippen LogP contribution in [0.25, 0.3) is 0 Å². The smallest absolute Gasteiger partial charge is 0.0447 e. The molecule has 0 aromatic carbocycles. The van der Waals surface area contributed by atoms with E-state index in [2.05, 4.69) is 22.3 Å². The van der Waals surface area contributed by atoms with Crippen molar-refractivity contribution in [3.8, 4) is 0 Å². The minimum atomic E-state index is 0.637. The molecule has 1 heterocycles. The summed E-state index contributed by atoms with van der Waals surface area (Å²) < 4.78 is 0. The molecule has 1 aliphatic heterocycles. The average molecular weight is 227 g/mol. The summed E-state index contributed by atoms with van der Waals surface area (Å²) >= 11 is 0. The van der Waals surface area contributed by atoms with E-state index in [1.165, 1.54) is 12.8 Å². The van der Waals surface area contributed by atoms with Crippen LogP contribution < -0.4 is 10.6 Å². The van der Waals surface area contributed by atoms with Crippen molar-refractivity contribution < 1.29 is 0 Å². The van der Waals surface area contributed by atoms with Crippen LogP contribution in [0, 0.1) is 0 Å². The summed E-state index contributed by atoms with van der Waals surface area (Å²) in [7, 11) is 0. The quantitative estimate of drug-likeness (QED) is 0.724. The first kappa shape index (κ1) is 17.6. The van der Waals surface area contributed by atoms with E-state index in [-0.39, 0.29) is 0 Å². The van der Waals surface area contributed by atoms with E-state index in [0.717, 1.165) is 18.8 Å². The molecule has 0 amide bonds. The van der Waals surface area contributed by atoms with Gasteiger partial charge in [-0.05, 0) is 33.0 Å². The molecular weight excluding hydrogens is 198 g/mol. The van der Waals surface area contributed by atoms with Gasteiger partial charge in [0, 0.05) is 24.5 Å². The third-order valence-corrected chi connectivity index (χ3v) is 2.07. The van der Waals surface area contributed by atoms with Gasteiger partial charge in [0.2, 0.25) is 0 Å². The highest BCUT2D eigenvalue weighted by molar-refractivity contribution is 5.26. The molecule has 0 aromatic heterocycles. The minimum Gasteiger partial charge on any atom is -0.386 e. The molecule has 1 rings (SSSR count). The number of hydrogen-bond acceptors (Lipinski definition) is 3. The van der Waals surface area contributed by atoms with Gasteiger partial charge in [-0.1, -0.05) is 27.7 Å². The van der Waals surface area contributed by atoms with Gasteiger partial charge in [-0.15, -0.1) is 0 Å². The second-order valence-corrected chi connectivity index (χ2v) is 3.17. The number of nitrogens with one attached hydrogen (secondary N) is 2. The highest BCUT2D eigenvalue weighted by Gasteiger charge is 2.12. The van der Waals surface area contributed by atoms with Gasteiger partial charge in [0.15, 0.2) is 0 Å². The van der Waals surface area contributed by atoms with Crippen molar-refractivity contribution >= 4 is 6.72 Å². The molecule has 3 nitrogen and oxygen atoms in total. The van der Waals surface area contributed by atoms with E-state index < -0.39 is 0 Å². The first-order chi connectivity index (χ1) is 7.83. The molecule has 0 radical (unpaired) electrons. The van der Waals surface area contributed by atoms with Crippen molar-refractivity contribution in [3.63, 3.8) is 0 Å². The Labute approximate surface area is 101 Å². The largest absolute Gasteiger partial charge is 0.386 e. The van der Waals surface area contributed by atoms with Crippen LogP contribution in [0.2, 0.25) is 0 Å². The molecule has 0 aromatic rings. The molecule has 1 aliphatic rings. The van der Waals surface area contributed by atoms with Crippen LogP contribution in [-0.4, -0.2) is 25.8 Å². The second-order valence-electron chi connectivity index (χ2n) is 3.17. The van der Waals surface area contributed by atoms with Gasteiger partial charge in [-0.2, -0.15) is 0 Å². The Hall–Kier alpha value is -0.830. The molecule has 1 atom stereocenters. The third-order valence-electron chi connectivity index (χ3n) is 2.07. The van der Waals surface area contributed by atoms with Crippen molar-refractivity contribution in [1.29, 1.82) is 0 Å². The van der Waals surface area contributed by atoms with Crippen molar-refractivity contribution in [2.45, 2.75) is 53.5 Å². The van der Waals surface area contributed by atoms with Crippen LogP contribution in [0.15, 0.2) is 16.9 Å². The third kappa shape index (κ3) is 9.71. The van der Waals surface area contributed by atoms with Gasteiger partial charge in [-0.25, -0.2) is 0 Å². The van der Waals surface area contributed by atoms with Crippen LogP contribution in [0.1, 0.15) is 47.5 Å². The highest BCUT2D eigenvalue weighted by Crippen LogP contribution is 2.03. The van der Waals surface area contributed by atoms with Gasteiger partial charge in [-0.3, -0.25) is 4.99 Å². The van der Waals surface area contributed by atoms with Crippen molar-refractivity contribution in [1.82, 2.24) is 10.6 Å². The molecule has 96 valence electrons. The molecule has 16 heavy (non-hydrogen) atoms. The maximum absolute atomic E-state index is 3.69. The minimum absolute atomic E-state index is 0.637. The van der Waals surface area contributed by atoms with Crippen LogP contribution in [0.4, 0.5) is 0 Å². The van der Waals surface area contributed by atoms with Gasteiger partial charge in [0.25, 0.3) is 0 Å². The Bertz CT molecular complexity index is 170. The Morgan fingerprint density at radius 3 is 2.50 bits per heavy atom. The number of nitrogens with zero attached hydrogens (tertiary/aromatic N) is 1. The lowest BCUT2D eigenvalue weighted by atomic mass is 10.2. The van der Waals surface area contributed by atoms with Crippen LogP contribution in [0.5, 0.6) is 0 Å². The van der Waals surface area contributed by atoms with E-state index in [4.69, 9.17) is 0 Å². The molecular formula is C13H29N3. The maximum atomic E-state index is 3.69. The predicted molar refractivity (Wildman–Crippen MR) is 75.0 cm³/mol. The molecule has 2 N–H and O–H groups in total. The van der Waals surface area contributed by atoms with E-state index in [1.54, 1.807) is 6.20 Å². The van der Waals surface area contributed by atoms with Crippen molar-refractivity contribution in [2.75, 3.05) is 13.1 Å². The summed E-state index contributed by atoms with van der Waals surface area (Å²) in [6, 6.07) is 0.637. The van der Waals surface area contributed by atoms with Crippen LogP contribution in [-0.2, 0) is 0 Å². The Kier molecular flexibility index (Phi) is 15.6. The zero-order valence-corrected chi connectivity index (χ0v) is 11.6. The molecule has 1 unspecified atom stereocenters. The summed E-state index contributed by atoms with van der Waals surface area (Å²) in [5.74, 6) is 0. The zero-order chi connectivity index (χ0) is 12.8. The monoisotopic (exact) mass is 227 g/mol. The fourth-order valence-electron chi connectivity index (χ4n) is 1.40. The Morgan fingerprint density at radius 2 is 2.06 bits per heavy atom. The molecule has 1 saturated heterocycles. The lowest BCUT2D eigenvalue weighted by Crippen LogP contribution is -2.32. The zero-order valence-electron chi connectivity index (χ0n) is 11.6. The summed E-state index contributed by atoms with van der Waals surface area (Å²) in [4.78, 5) is 3.69. The molecule has 0 spiro atoms. The maximum Gasteiger partial charge on any atom is 0.0447 e. The molecule has 0 bridgehead atoms. The summed E-state index contributed by atoms with van der Waals surface area (Å²) in [5, 5.41) is 6.71. The number of hydrogen-bond donors (Lipinski definition) is 2. The van der Waals surface area contributed by atoms with E-state index in [1.807, 2.05) is 34.6 Å². The summed E-state index contributed by atoms with van der Waals surface area (Å²) in [6.45, 7) is 15.6. The fourth-order valence-corrected chi connectivity index (χ4v) is 1.40. The van der Waals surface area contributed by atoms with Gasteiger partial charge in [0.1, 0.15) is 0 Å². The standard InChI is InChI=1S/C9H17N3.2C2H6/c1-8(6-10-2)12-7-9-4-3-5-11-9;2*1-2/h6,9,11-12H,2-5,7H2,1H3;2*1-2H3/b8-6-;;. The summed E-state index contributed by atoms with van der Waals surface area (Å²) in [5.41, 5.74) is 1.08. The topological polar surface area (TPSA) is 36.4 Å². The van der Waals surface area contributed by atoms with Crippen LogP contribution in [0.3, 0.4) is 0 Å². The average Bonchev–Trinajstić information content (AvgIpc) is 2.85. The first-order valence-electron chi connectivity index (χ1n) is 6.43. The van der Waals surface area contributed by atoms with Gasteiger partial charge < -0.3 is 10.6 Å². The van der Waals surface area contributed by atoms with E-state index in [9.17, 15) is 0 Å². The molecule has 1 fully saturated rings. The Morgan fingerprint density at radius 1 is 1.44 bits per heavy atom. The predicted octanol–water partition coefficient (Wildman–Crippen LogP) is 2.94. The van der Waals surface area contributed by atoms with Crippen molar-refractivity contribution in [3.05, 3.63) is 11.9 Å². The molecule has 0 aliphatic carbocycles. The van der Waals surface area contributed by atoms with Crippen LogP contribution >= 0.6 is 0 Å². The normalized spacial score (nSPS) is 18.8. The second kappa shape index (κ2) is 14.2. The van der Waals surface area contributed by atoms with E-state index >= 15 is 0 Å². The van der Waals surface area contributed by atoms with E-state index in [0.29, 0.717) is 6.04 Å². The number of aliphatic imine (C=N–C) groups is 1. The molecule has 3 heteroatoms. The lowest BCUT2D eigenvalue weighted by Gasteiger charge is -2.11. The highest BCUT2D eigenvalue weighted by atomic mass is 15.0. The lowest BCUT2D eigenvalue weighted by molar-refractivity contribution is 0.568. The Balaban J connectivity index is 0. The SMILES string of the molecule is C=N/C=C(/C)NCC1CCCN1.CC.CC. The summed E-state index contributed by atoms with van der Waals surface area (Å²) in [6.07, 6.45) is 4.32. The number of allylic oxidation sites excluding steroid dienone is 1. The van der Waals surface area contributed by atoms with Gasteiger partial charge in [0.05, 0.1) is 0 Å². The fraction of sp³-hybridized carbons (Fsp3) is 0.769. The van der Waals surface area contributed by atoms with Gasteiger partial charge >= 0.3 is 0 Å². The molecule has 0 saturated carbocycles.